The van der Waals surface area contributed by atoms with Gasteiger partial charge in [-0.1, -0.05) is 30.3 Å². The lowest BCUT2D eigenvalue weighted by atomic mass is 10.2. The largest absolute Gasteiger partial charge is 0.497 e. The second kappa shape index (κ2) is 7.13. The predicted octanol–water partition coefficient (Wildman–Crippen LogP) is 2.99. The molecule has 0 saturated carbocycles. The van der Waals surface area contributed by atoms with Crippen molar-refractivity contribution in [2.24, 2.45) is 5.10 Å². The molecule has 0 spiro atoms. The van der Waals surface area contributed by atoms with Crippen LogP contribution in [0.4, 0.5) is 5.95 Å². The zero-order valence-corrected chi connectivity index (χ0v) is 12.5. The minimum absolute atomic E-state index is 0.344. The highest BCUT2D eigenvalue weighted by Gasteiger charge is 2.01. The van der Waals surface area contributed by atoms with E-state index in [2.05, 4.69) is 25.7 Å². The lowest BCUT2D eigenvalue weighted by Crippen LogP contribution is -1.99. The van der Waals surface area contributed by atoms with Crippen molar-refractivity contribution in [2.45, 2.75) is 0 Å². The van der Waals surface area contributed by atoms with Crippen molar-refractivity contribution in [2.75, 3.05) is 12.5 Å². The summed E-state index contributed by atoms with van der Waals surface area (Å²) in [5, 5.41) is 12.0. The van der Waals surface area contributed by atoms with Gasteiger partial charge in [0.05, 0.1) is 25.2 Å². The topological polar surface area (TPSA) is 72.3 Å². The molecule has 1 heterocycles. The van der Waals surface area contributed by atoms with Gasteiger partial charge in [-0.3, -0.25) is 0 Å². The Hall–Kier alpha value is -3.28. The van der Waals surface area contributed by atoms with E-state index >= 15 is 0 Å². The molecule has 114 valence electrons. The molecule has 0 amide bonds. The molecule has 0 aliphatic heterocycles. The number of hydrogen-bond donors (Lipinski definition) is 1. The second-order valence-electron chi connectivity index (χ2n) is 4.67. The Labute approximate surface area is 133 Å². The molecule has 0 saturated heterocycles. The Morgan fingerprint density at radius 1 is 1.04 bits per heavy atom. The van der Waals surface area contributed by atoms with E-state index in [4.69, 9.17) is 4.74 Å². The van der Waals surface area contributed by atoms with Crippen molar-refractivity contribution in [3.8, 4) is 17.0 Å². The maximum absolute atomic E-state index is 5.11. The van der Waals surface area contributed by atoms with E-state index in [1.807, 2.05) is 54.6 Å². The summed E-state index contributed by atoms with van der Waals surface area (Å²) in [5.74, 6) is 1.15. The molecule has 0 unspecified atom stereocenters. The summed E-state index contributed by atoms with van der Waals surface area (Å²) in [6.45, 7) is 0. The predicted molar refractivity (Wildman–Crippen MR) is 89.5 cm³/mol. The lowest BCUT2D eigenvalue weighted by molar-refractivity contribution is 0.415. The average molecular weight is 305 g/mol. The molecule has 2 aromatic carbocycles. The van der Waals surface area contributed by atoms with Gasteiger partial charge in [0.25, 0.3) is 5.95 Å². The fourth-order valence-electron chi connectivity index (χ4n) is 1.95. The van der Waals surface area contributed by atoms with Gasteiger partial charge in [-0.15, -0.1) is 5.10 Å². The van der Waals surface area contributed by atoms with Crippen LogP contribution in [0.5, 0.6) is 5.75 Å². The zero-order valence-electron chi connectivity index (χ0n) is 12.5. The zero-order chi connectivity index (χ0) is 15.9. The van der Waals surface area contributed by atoms with E-state index in [-0.39, 0.29) is 0 Å². The molecule has 6 heteroatoms. The Balaban J connectivity index is 1.69. The van der Waals surface area contributed by atoms with Crippen molar-refractivity contribution in [1.82, 2.24) is 15.2 Å². The third-order valence-electron chi connectivity index (χ3n) is 3.12. The first-order chi connectivity index (χ1) is 11.3. The van der Waals surface area contributed by atoms with Gasteiger partial charge >= 0.3 is 0 Å². The highest BCUT2D eigenvalue weighted by molar-refractivity contribution is 5.80. The molecule has 0 bridgehead atoms. The number of nitrogens with zero attached hydrogens (tertiary/aromatic N) is 4. The van der Waals surface area contributed by atoms with Crippen molar-refractivity contribution in [3.63, 3.8) is 0 Å². The Bertz CT molecular complexity index is 788. The maximum Gasteiger partial charge on any atom is 0.263 e. The van der Waals surface area contributed by atoms with Gasteiger partial charge in [-0.2, -0.15) is 10.2 Å². The van der Waals surface area contributed by atoms with Crippen LogP contribution in [0, 0.1) is 0 Å². The molecule has 6 nitrogen and oxygen atoms in total. The quantitative estimate of drug-likeness (QED) is 0.579. The molecule has 1 N–H and O–H groups in total. The normalized spacial score (nSPS) is 10.7. The molecule has 0 atom stereocenters. The van der Waals surface area contributed by atoms with Crippen LogP contribution in [-0.4, -0.2) is 28.5 Å². The van der Waals surface area contributed by atoms with Gasteiger partial charge < -0.3 is 4.74 Å². The van der Waals surface area contributed by atoms with Crippen LogP contribution < -0.4 is 10.2 Å². The van der Waals surface area contributed by atoms with E-state index in [0.717, 1.165) is 22.6 Å². The van der Waals surface area contributed by atoms with E-state index in [9.17, 15) is 0 Å². The summed E-state index contributed by atoms with van der Waals surface area (Å²) in [7, 11) is 1.63. The van der Waals surface area contributed by atoms with Crippen LogP contribution in [-0.2, 0) is 0 Å². The molecular formula is C17H15N5O. The number of ether oxygens (including phenoxy) is 1. The fraction of sp³-hybridized carbons (Fsp3) is 0.0588. The third-order valence-corrected chi connectivity index (χ3v) is 3.12. The Kier molecular flexibility index (Phi) is 4.54. The van der Waals surface area contributed by atoms with Gasteiger partial charge in [-0.05, 0) is 29.8 Å². The van der Waals surface area contributed by atoms with Crippen LogP contribution in [0.2, 0.25) is 0 Å². The second-order valence-corrected chi connectivity index (χ2v) is 4.67. The van der Waals surface area contributed by atoms with E-state index in [1.54, 1.807) is 19.5 Å². The summed E-state index contributed by atoms with van der Waals surface area (Å²) in [6, 6.07) is 17.3. The summed E-state index contributed by atoms with van der Waals surface area (Å²) in [4.78, 5) is 4.38. The smallest absolute Gasteiger partial charge is 0.263 e. The molecule has 0 fully saturated rings. The van der Waals surface area contributed by atoms with Crippen molar-refractivity contribution in [1.29, 1.82) is 0 Å². The molecular weight excluding hydrogens is 290 g/mol. The number of rotatable bonds is 5. The summed E-state index contributed by atoms with van der Waals surface area (Å²) >= 11 is 0. The number of aromatic nitrogens is 3. The minimum Gasteiger partial charge on any atom is -0.497 e. The summed E-state index contributed by atoms with van der Waals surface area (Å²) < 4.78 is 5.11. The molecule has 1 aromatic heterocycles. The van der Waals surface area contributed by atoms with Gasteiger partial charge in [0, 0.05) is 5.56 Å². The average Bonchev–Trinajstić information content (AvgIpc) is 2.63. The minimum atomic E-state index is 0.344. The Morgan fingerprint density at radius 2 is 1.83 bits per heavy atom. The molecule has 3 aromatic rings. The van der Waals surface area contributed by atoms with E-state index < -0.39 is 0 Å². The van der Waals surface area contributed by atoms with Crippen LogP contribution in [0.15, 0.2) is 65.9 Å². The van der Waals surface area contributed by atoms with Gasteiger partial charge in [0.2, 0.25) is 0 Å². The van der Waals surface area contributed by atoms with Gasteiger partial charge in [0.15, 0.2) is 0 Å². The molecule has 0 aliphatic carbocycles. The number of nitrogens with one attached hydrogen (secondary N) is 1. The summed E-state index contributed by atoms with van der Waals surface area (Å²) in [6.07, 6.45) is 3.30. The number of hydrazone groups is 1. The lowest BCUT2D eigenvalue weighted by Gasteiger charge is -2.02. The SMILES string of the molecule is COc1ccc(/C=N/Nc2nncc(-c3ccccc3)n2)cc1. The standard InChI is InChI=1S/C17H15N5O/c1-23-15-9-7-13(8-10-15)11-18-21-17-20-16(12-19-22-17)14-5-3-2-4-6-14/h2-12H,1H3,(H,20,21,22)/b18-11+. The third kappa shape index (κ3) is 3.88. The number of methoxy groups -OCH3 is 1. The van der Waals surface area contributed by atoms with Crippen molar-refractivity contribution < 1.29 is 4.74 Å². The van der Waals surface area contributed by atoms with Crippen molar-refractivity contribution in [3.05, 3.63) is 66.4 Å². The van der Waals surface area contributed by atoms with Crippen LogP contribution in [0.3, 0.4) is 0 Å². The van der Waals surface area contributed by atoms with Crippen LogP contribution in [0.25, 0.3) is 11.3 Å². The molecule has 0 radical (unpaired) electrons. The van der Waals surface area contributed by atoms with Crippen LogP contribution in [0.1, 0.15) is 5.56 Å². The number of benzene rings is 2. The summed E-state index contributed by atoms with van der Waals surface area (Å²) in [5.41, 5.74) is 5.44. The number of anilines is 1. The Morgan fingerprint density at radius 3 is 2.57 bits per heavy atom. The first-order valence-electron chi connectivity index (χ1n) is 7.03. The first kappa shape index (κ1) is 14.6. The van der Waals surface area contributed by atoms with E-state index in [1.165, 1.54) is 0 Å². The van der Waals surface area contributed by atoms with Crippen LogP contribution >= 0.6 is 0 Å². The fourth-order valence-corrected chi connectivity index (χ4v) is 1.95. The monoisotopic (exact) mass is 305 g/mol. The first-order valence-corrected chi connectivity index (χ1v) is 7.03. The number of hydrogen-bond acceptors (Lipinski definition) is 6. The highest BCUT2D eigenvalue weighted by atomic mass is 16.5. The van der Waals surface area contributed by atoms with E-state index in [0.29, 0.717) is 5.95 Å². The maximum atomic E-state index is 5.11. The molecule has 23 heavy (non-hydrogen) atoms. The van der Waals surface area contributed by atoms with Gasteiger partial charge in [-0.25, -0.2) is 10.4 Å². The highest BCUT2D eigenvalue weighted by Crippen LogP contribution is 2.15. The molecule has 0 aliphatic rings. The van der Waals surface area contributed by atoms with Gasteiger partial charge in [0.1, 0.15) is 5.75 Å². The molecule has 3 rings (SSSR count). The van der Waals surface area contributed by atoms with Crippen molar-refractivity contribution >= 4 is 12.2 Å².